The van der Waals surface area contributed by atoms with Crippen molar-refractivity contribution in [2.45, 2.75) is 47.1 Å². The second kappa shape index (κ2) is 4.82. The summed E-state index contributed by atoms with van der Waals surface area (Å²) in [6, 6.07) is 0. The highest BCUT2D eigenvalue weighted by Crippen LogP contribution is 2.58. The van der Waals surface area contributed by atoms with E-state index >= 15 is 0 Å². The minimum atomic E-state index is -0.461. The molecule has 2 atom stereocenters. The zero-order valence-electron chi connectivity index (χ0n) is 12.1. The Labute approximate surface area is 109 Å². The van der Waals surface area contributed by atoms with Crippen molar-refractivity contribution in [3.05, 3.63) is 16.6 Å². The van der Waals surface area contributed by atoms with Gasteiger partial charge in [-0.2, -0.15) is 4.91 Å². The molecule has 0 bridgehead atoms. The Kier molecular flexibility index (Phi) is 3.99. The van der Waals surface area contributed by atoms with Gasteiger partial charge < -0.3 is 4.74 Å². The maximum atomic E-state index is 12.0. The second-order valence-corrected chi connectivity index (χ2v) is 6.60. The van der Waals surface area contributed by atoms with Crippen molar-refractivity contribution < 1.29 is 9.53 Å². The Morgan fingerprint density at radius 2 is 2.06 bits per heavy atom. The van der Waals surface area contributed by atoms with Crippen LogP contribution in [0.4, 0.5) is 0 Å². The van der Waals surface area contributed by atoms with Gasteiger partial charge in [-0.25, -0.2) is 0 Å². The molecule has 0 amide bonds. The van der Waals surface area contributed by atoms with Gasteiger partial charge in [0.25, 0.3) is 0 Å². The van der Waals surface area contributed by atoms with E-state index < -0.39 is 5.60 Å². The summed E-state index contributed by atoms with van der Waals surface area (Å²) < 4.78 is 5.40. The van der Waals surface area contributed by atoms with E-state index in [0.717, 1.165) is 5.57 Å². The summed E-state index contributed by atoms with van der Waals surface area (Å²) in [6.45, 7) is 11.8. The summed E-state index contributed by atoms with van der Waals surface area (Å²) in [5, 5.41) is 2.88. The van der Waals surface area contributed by atoms with Gasteiger partial charge in [0, 0.05) is 5.41 Å². The van der Waals surface area contributed by atoms with Crippen LogP contribution in [0.25, 0.3) is 0 Å². The Hall–Kier alpha value is -1.19. The molecule has 0 aliphatic heterocycles. The monoisotopic (exact) mass is 253 g/mol. The third-order valence-electron chi connectivity index (χ3n) is 3.16. The highest BCUT2D eigenvalue weighted by molar-refractivity contribution is 5.84. The first-order valence-corrected chi connectivity index (χ1v) is 6.33. The van der Waals surface area contributed by atoms with Crippen LogP contribution in [-0.2, 0) is 9.53 Å². The van der Waals surface area contributed by atoms with Gasteiger partial charge in [0.05, 0.1) is 12.5 Å². The number of carbonyl (C=O) groups is 1. The number of nitrogens with zero attached hydrogens (tertiary/aromatic N) is 1. The number of esters is 1. The molecule has 0 heterocycles. The molecule has 0 aromatic carbocycles. The standard InChI is InChI=1S/C14H23NO3/c1-9(8-15-17)7-10-11(14(10,5)6)12(16)18-13(2,3)4/h7,9,11H,8H2,1-6H3. The lowest BCUT2D eigenvalue weighted by Gasteiger charge is -2.19. The van der Waals surface area contributed by atoms with E-state index in [9.17, 15) is 9.70 Å². The van der Waals surface area contributed by atoms with E-state index in [1.54, 1.807) is 0 Å². The normalized spacial score (nSPS) is 25.7. The van der Waals surface area contributed by atoms with E-state index in [2.05, 4.69) is 5.18 Å². The molecule has 0 aromatic heterocycles. The van der Waals surface area contributed by atoms with Crippen LogP contribution in [0.3, 0.4) is 0 Å². The molecule has 1 saturated carbocycles. The maximum Gasteiger partial charge on any atom is 0.314 e. The van der Waals surface area contributed by atoms with Crippen LogP contribution in [0.5, 0.6) is 0 Å². The first kappa shape index (κ1) is 14.9. The Balaban J connectivity index is 2.74. The molecule has 1 rings (SSSR count). The summed E-state index contributed by atoms with van der Waals surface area (Å²) in [5.41, 5.74) is 0.448. The van der Waals surface area contributed by atoms with Crippen molar-refractivity contribution in [1.29, 1.82) is 0 Å². The summed E-state index contributed by atoms with van der Waals surface area (Å²) in [4.78, 5) is 22.2. The van der Waals surface area contributed by atoms with Crippen LogP contribution in [0.15, 0.2) is 16.8 Å². The molecule has 4 heteroatoms. The predicted octanol–water partition coefficient (Wildman–Crippen LogP) is 3.31. The SMILES string of the molecule is CC(C=C1C(C(=O)OC(C)(C)C)C1(C)C)CN=O. The van der Waals surface area contributed by atoms with E-state index in [1.807, 2.05) is 47.6 Å². The van der Waals surface area contributed by atoms with Crippen LogP contribution in [0, 0.1) is 22.2 Å². The lowest BCUT2D eigenvalue weighted by molar-refractivity contribution is -0.157. The van der Waals surface area contributed by atoms with Crippen molar-refractivity contribution in [1.82, 2.24) is 0 Å². The zero-order valence-corrected chi connectivity index (χ0v) is 12.1. The minimum Gasteiger partial charge on any atom is -0.459 e. The van der Waals surface area contributed by atoms with E-state index in [-0.39, 0.29) is 29.8 Å². The molecule has 102 valence electrons. The number of carbonyl (C=O) groups excluding carboxylic acids is 1. The van der Waals surface area contributed by atoms with Crippen LogP contribution in [0.2, 0.25) is 0 Å². The van der Waals surface area contributed by atoms with Crippen molar-refractivity contribution in [2.75, 3.05) is 6.54 Å². The number of hydrogen-bond donors (Lipinski definition) is 0. The molecule has 0 saturated heterocycles. The molecular formula is C14H23NO3. The van der Waals surface area contributed by atoms with Gasteiger partial charge in [0.15, 0.2) is 0 Å². The van der Waals surface area contributed by atoms with Crippen molar-refractivity contribution in [2.24, 2.45) is 22.4 Å². The smallest absolute Gasteiger partial charge is 0.314 e. The van der Waals surface area contributed by atoms with Gasteiger partial charge in [-0.3, -0.25) is 4.79 Å². The topological polar surface area (TPSA) is 55.7 Å². The molecule has 4 nitrogen and oxygen atoms in total. The molecule has 0 spiro atoms. The van der Waals surface area contributed by atoms with Gasteiger partial charge in [-0.1, -0.05) is 37.6 Å². The van der Waals surface area contributed by atoms with Gasteiger partial charge in [0.1, 0.15) is 5.60 Å². The van der Waals surface area contributed by atoms with Crippen LogP contribution in [0.1, 0.15) is 41.5 Å². The third kappa shape index (κ3) is 3.40. The van der Waals surface area contributed by atoms with Crippen LogP contribution >= 0.6 is 0 Å². The highest BCUT2D eigenvalue weighted by Gasteiger charge is 2.58. The minimum absolute atomic E-state index is 0.0733. The third-order valence-corrected chi connectivity index (χ3v) is 3.16. The number of nitroso groups, excluding NO2 is 1. The molecular weight excluding hydrogens is 230 g/mol. The van der Waals surface area contributed by atoms with E-state index in [0.29, 0.717) is 0 Å². The second-order valence-electron chi connectivity index (χ2n) is 6.60. The fourth-order valence-electron chi connectivity index (χ4n) is 2.15. The number of rotatable bonds is 4. The Morgan fingerprint density at radius 1 is 1.50 bits per heavy atom. The fourth-order valence-corrected chi connectivity index (χ4v) is 2.15. The summed E-state index contributed by atoms with van der Waals surface area (Å²) in [7, 11) is 0. The summed E-state index contributed by atoms with van der Waals surface area (Å²) in [6.07, 6.45) is 1.98. The Bertz CT molecular complexity index is 377. The molecule has 1 fully saturated rings. The quantitative estimate of drug-likeness (QED) is 0.439. The van der Waals surface area contributed by atoms with Gasteiger partial charge in [-0.15, -0.1) is 0 Å². The van der Waals surface area contributed by atoms with Crippen molar-refractivity contribution in [3.8, 4) is 0 Å². The lowest BCUT2D eigenvalue weighted by Crippen LogP contribution is -2.25. The molecule has 1 aliphatic rings. The largest absolute Gasteiger partial charge is 0.459 e. The van der Waals surface area contributed by atoms with Crippen molar-refractivity contribution in [3.63, 3.8) is 0 Å². The summed E-state index contributed by atoms with van der Waals surface area (Å²) in [5.74, 6) is -0.278. The molecule has 0 aromatic rings. The van der Waals surface area contributed by atoms with E-state index in [1.165, 1.54) is 0 Å². The van der Waals surface area contributed by atoms with E-state index in [4.69, 9.17) is 4.74 Å². The first-order chi connectivity index (χ1) is 8.09. The molecule has 1 aliphatic carbocycles. The van der Waals surface area contributed by atoms with Gasteiger partial charge in [-0.05, 0) is 26.7 Å². The predicted molar refractivity (Wildman–Crippen MR) is 71.0 cm³/mol. The maximum absolute atomic E-state index is 12.0. The number of hydrogen-bond acceptors (Lipinski definition) is 4. The molecule has 2 unspecified atom stereocenters. The molecule has 0 radical (unpaired) electrons. The summed E-state index contributed by atoms with van der Waals surface area (Å²) >= 11 is 0. The number of ether oxygens (including phenoxy) is 1. The Morgan fingerprint density at radius 3 is 2.50 bits per heavy atom. The average molecular weight is 253 g/mol. The van der Waals surface area contributed by atoms with Crippen LogP contribution in [-0.4, -0.2) is 18.1 Å². The van der Waals surface area contributed by atoms with Crippen LogP contribution < -0.4 is 0 Å². The zero-order chi connectivity index (χ0) is 14.1. The molecule has 0 N–H and O–H groups in total. The van der Waals surface area contributed by atoms with Gasteiger partial charge >= 0.3 is 5.97 Å². The fraction of sp³-hybridized carbons (Fsp3) is 0.786. The average Bonchev–Trinajstić information content (AvgIpc) is 2.65. The highest BCUT2D eigenvalue weighted by atomic mass is 16.6. The van der Waals surface area contributed by atoms with Gasteiger partial charge in [0.2, 0.25) is 0 Å². The van der Waals surface area contributed by atoms with Crippen molar-refractivity contribution >= 4 is 5.97 Å². The lowest BCUT2D eigenvalue weighted by atomic mass is 10.1. The molecule has 18 heavy (non-hydrogen) atoms. The first-order valence-electron chi connectivity index (χ1n) is 6.33.